The first kappa shape index (κ1) is 19.4. The normalized spacial score (nSPS) is 16.3. The minimum Gasteiger partial charge on any atom is -0.459 e. The molecule has 12 heteroatoms. The summed E-state index contributed by atoms with van der Waals surface area (Å²) in [6, 6.07) is 7.88. The average molecular weight is 427 g/mol. The zero-order valence-corrected chi connectivity index (χ0v) is 15.9. The monoisotopic (exact) mass is 427 g/mol. The number of hydrogen-bond acceptors (Lipinski definition) is 8. The Bertz CT molecular complexity index is 1110. The maximum Gasteiger partial charge on any atom is 0.313 e. The summed E-state index contributed by atoms with van der Waals surface area (Å²) in [6.07, 6.45) is 1.29. The number of benzene rings is 1. The van der Waals surface area contributed by atoms with E-state index in [2.05, 4.69) is 20.6 Å². The molecule has 0 spiro atoms. The van der Waals surface area contributed by atoms with E-state index in [1.807, 2.05) is 0 Å². The van der Waals surface area contributed by atoms with Gasteiger partial charge in [0.25, 0.3) is 5.91 Å². The van der Waals surface area contributed by atoms with Gasteiger partial charge in [0.15, 0.2) is 34.0 Å². The Balaban J connectivity index is 1.35. The second-order valence-corrected chi connectivity index (χ2v) is 6.83. The Morgan fingerprint density at radius 1 is 1.27 bits per heavy atom. The summed E-state index contributed by atoms with van der Waals surface area (Å²) in [5.41, 5.74) is 0.0867. The molecule has 11 nitrogen and oxygen atoms in total. The molecule has 0 radical (unpaired) electrons. The third kappa shape index (κ3) is 4.22. The molecular weight excluding hydrogens is 414 g/mol. The zero-order valence-electron chi connectivity index (χ0n) is 15.1. The number of nitrogens with zero attached hydrogens (tertiary/aromatic N) is 2. The fraction of sp³-hybridized carbons (Fsp3) is 0.111. The second-order valence-electron chi connectivity index (χ2n) is 5.87. The van der Waals surface area contributed by atoms with Crippen molar-refractivity contribution in [2.75, 3.05) is 17.9 Å². The van der Waals surface area contributed by atoms with E-state index in [0.717, 1.165) is 11.8 Å². The van der Waals surface area contributed by atoms with E-state index in [0.29, 0.717) is 17.2 Å². The Labute approximate surface area is 173 Å². The summed E-state index contributed by atoms with van der Waals surface area (Å²) >= 11 is 0.927. The molecule has 2 aromatic rings. The van der Waals surface area contributed by atoms with Gasteiger partial charge in [0.05, 0.1) is 12.0 Å². The van der Waals surface area contributed by atoms with Crippen LogP contribution in [0.5, 0.6) is 11.5 Å². The SMILES string of the molecule is N=C1N=C(SCC(=O)Nc2ccc3c(c2)OCO3)NC(=O)C1=NC(=O)c1ccco1. The minimum atomic E-state index is -0.802. The Kier molecular flexibility index (Phi) is 5.30. The fourth-order valence-corrected chi connectivity index (χ4v) is 3.14. The second kappa shape index (κ2) is 8.21. The van der Waals surface area contributed by atoms with Gasteiger partial charge in [-0.2, -0.15) is 4.99 Å². The lowest BCUT2D eigenvalue weighted by Crippen LogP contribution is -2.43. The number of aliphatic imine (C=N–C) groups is 2. The molecule has 0 aliphatic carbocycles. The Morgan fingerprint density at radius 3 is 2.87 bits per heavy atom. The van der Waals surface area contributed by atoms with Crippen LogP contribution in [0.25, 0.3) is 0 Å². The molecular formula is C18H13N5O6S. The highest BCUT2D eigenvalue weighted by Gasteiger charge is 2.26. The van der Waals surface area contributed by atoms with Crippen LogP contribution in [0.15, 0.2) is 51.0 Å². The highest BCUT2D eigenvalue weighted by Crippen LogP contribution is 2.34. The quantitative estimate of drug-likeness (QED) is 0.666. The first-order chi connectivity index (χ1) is 14.5. The summed E-state index contributed by atoms with van der Waals surface area (Å²) in [4.78, 5) is 43.7. The van der Waals surface area contributed by atoms with Crippen molar-refractivity contribution in [1.82, 2.24) is 5.32 Å². The van der Waals surface area contributed by atoms with Crippen molar-refractivity contribution in [3.8, 4) is 11.5 Å². The molecule has 3 amide bonds. The van der Waals surface area contributed by atoms with Gasteiger partial charge in [0, 0.05) is 11.8 Å². The van der Waals surface area contributed by atoms with Crippen molar-refractivity contribution in [3.63, 3.8) is 0 Å². The molecule has 1 aromatic carbocycles. The van der Waals surface area contributed by atoms with Crippen LogP contribution < -0.4 is 20.1 Å². The van der Waals surface area contributed by atoms with Gasteiger partial charge in [-0.1, -0.05) is 11.8 Å². The minimum absolute atomic E-state index is 0.0511. The molecule has 0 atom stereocenters. The van der Waals surface area contributed by atoms with Crippen LogP contribution >= 0.6 is 11.8 Å². The van der Waals surface area contributed by atoms with Gasteiger partial charge < -0.3 is 19.2 Å². The lowest BCUT2D eigenvalue weighted by Gasteiger charge is -2.14. The van der Waals surface area contributed by atoms with E-state index in [1.165, 1.54) is 18.4 Å². The van der Waals surface area contributed by atoms with Gasteiger partial charge >= 0.3 is 5.91 Å². The topological polar surface area (TPSA) is 155 Å². The number of ether oxygens (including phenoxy) is 2. The first-order valence-electron chi connectivity index (χ1n) is 8.47. The van der Waals surface area contributed by atoms with Crippen LogP contribution in [0.4, 0.5) is 5.69 Å². The van der Waals surface area contributed by atoms with Gasteiger partial charge in [0.1, 0.15) is 0 Å². The highest BCUT2D eigenvalue weighted by molar-refractivity contribution is 8.14. The largest absolute Gasteiger partial charge is 0.459 e. The number of amides is 3. The lowest BCUT2D eigenvalue weighted by molar-refractivity contribution is -0.114. The van der Waals surface area contributed by atoms with Gasteiger partial charge in [-0.25, -0.2) is 4.99 Å². The van der Waals surface area contributed by atoms with E-state index in [-0.39, 0.29) is 29.4 Å². The number of furan rings is 1. The maximum atomic E-state index is 12.2. The number of nitrogens with one attached hydrogen (secondary N) is 3. The van der Waals surface area contributed by atoms with E-state index in [1.54, 1.807) is 18.2 Å². The van der Waals surface area contributed by atoms with Crippen LogP contribution in [-0.2, 0) is 9.59 Å². The molecule has 152 valence electrons. The van der Waals surface area contributed by atoms with Crippen molar-refractivity contribution < 1.29 is 28.3 Å². The van der Waals surface area contributed by atoms with Crippen molar-refractivity contribution in [1.29, 1.82) is 5.41 Å². The predicted molar refractivity (Wildman–Crippen MR) is 107 cm³/mol. The molecule has 0 saturated heterocycles. The number of carbonyl (C=O) groups is 3. The zero-order chi connectivity index (χ0) is 21.1. The molecule has 0 unspecified atom stereocenters. The molecule has 3 N–H and O–H groups in total. The molecule has 0 fully saturated rings. The Morgan fingerprint density at radius 2 is 2.10 bits per heavy atom. The molecule has 3 heterocycles. The third-order valence-electron chi connectivity index (χ3n) is 3.81. The third-order valence-corrected chi connectivity index (χ3v) is 4.69. The van der Waals surface area contributed by atoms with Crippen molar-refractivity contribution in [2.24, 2.45) is 9.98 Å². The summed E-state index contributed by atoms with van der Waals surface area (Å²) in [7, 11) is 0. The maximum absolute atomic E-state index is 12.2. The molecule has 2 aliphatic rings. The van der Waals surface area contributed by atoms with E-state index >= 15 is 0 Å². The standard InChI is InChI=1S/C18H13N5O6S/c19-15-14(21-16(25)11-2-1-5-27-11)17(26)23-18(22-15)30-7-13(24)20-9-3-4-10-12(6-9)29-8-28-10/h1-6H,7-8H2,(H,20,24)(H2,19,22,23,26). The first-order valence-corrected chi connectivity index (χ1v) is 9.46. The molecule has 0 saturated carbocycles. The summed E-state index contributed by atoms with van der Waals surface area (Å²) < 4.78 is 15.4. The molecule has 1 aromatic heterocycles. The van der Waals surface area contributed by atoms with Crippen molar-refractivity contribution >= 4 is 51.9 Å². The highest BCUT2D eigenvalue weighted by atomic mass is 32.2. The van der Waals surface area contributed by atoms with E-state index in [9.17, 15) is 14.4 Å². The van der Waals surface area contributed by atoms with Crippen LogP contribution in [0, 0.1) is 5.41 Å². The number of anilines is 1. The number of thioether (sulfide) groups is 1. The predicted octanol–water partition coefficient (Wildman–Crippen LogP) is 1.42. The van der Waals surface area contributed by atoms with Gasteiger partial charge in [-0.15, -0.1) is 0 Å². The lowest BCUT2D eigenvalue weighted by atomic mass is 10.3. The number of amidine groups is 2. The average Bonchev–Trinajstić information content (AvgIpc) is 3.40. The summed E-state index contributed by atoms with van der Waals surface area (Å²) in [5, 5.41) is 13.0. The van der Waals surface area contributed by atoms with Crippen molar-refractivity contribution in [3.05, 3.63) is 42.4 Å². The Hall–Kier alpha value is -3.93. The number of carbonyl (C=O) groups excluding carboxylic acids is 3. The number of rotatable bonds is 4. The van der Waals surface area contributed by atoms with Gasteiger partial charge in [-0.05, 0) is 24.3 Å². The molecule has 4 rings (SSSR count). The molecule has 2 aliphatic heterocycles. The molecule has 30 heavy (non-hydrogen) atoms. The summed E-state index contributed by atoms with van der Waals surface area (Å²) in [6.45, 7) is 0.131. The number of hydrogen-bond donors (Lipinski definition) is 3. The van der Waals surface area contributed by atoms with Crippen LogP contribution in [-0.4, -0.2) is 47.0 Å². The van der Waals surface area contributed by atoms with E-state index in [4.69, 9.17) is 19.3 Å². The van der Waals surface area contributed by atoms with Crippen LogP contribution in [0.3, 0.4) is 0 Å². The smallest absolute Gasteiger partial charge is 0.313 e. The van der Waals surface area contributed by atoms with Crippen LogP contribution in [0.2, 0.25) is 0 Å². The van der Waals surface area contributed by atoms with E-state index < -0.39 is 23.4 Å². The fourth-order valence-electron chi connectivity index (χ4n) is 2.48. The number of fused-ring (bicyclic) bond motifs is 1. The molecule has 0 bridgehead atoms. The van der Waals surface area contributed by atoms with Gasteiger partial charge in [-0.3, -0.25) is 25.1 Å². The van der Waals surface area contributed by atoms with Gasteiger partial charge in [0.2, 0.25) is 12.7 Å². The van der Waals surface area contributed by atoms with Crippen molar-refractivity contribution in [2.45, 2.75) is 0 Å². The van der Waals surface area contributed by atoms with Crippen LogP contribution in [0.1, 0.15) is 10.6 Å². The summed E-state index contributed by atoms with van der Waals surface area (Å²) in [5.74, 6) is -1.41.